The minimum Gasteiger partial charge on any atom is -0.497 e. The molecule has 2 N–H and O–H groups in total. The fraction of sp³-hybridized carbons (Fsp3) is 0.130. The molecule has 0 fully saturated rings. The van der Waals surface area contributed by atoms with Crippen LogP contribution in [0.5, 0.6) is 5.75 Å². The molecule has 11 heteroatoms. The zero-order chi connectivity index (χ0) is 24.9. The van der Waals surface area contributed by atoms with Crippen molar-refractivity contribution in [3.05, 3.63) is 83.9 Å². The highest BCUT2D eigenvalue weighted by Crippen LogP contribution is 2.21. The molecule has 0 saturated heterocycles. The third-order valence-electron chi connectivity index (χ3n) is 4.56. The Morgan fingerprint density at radius 2 is 1.68 bits per heavy atom. The molecule has 0 aliphatic rings. The van der Waals surface area contributed by atoms with E-state index in [1.165, 1.54) is 44.4 Å². The van der Waals surface area contributed by atoms with Gasteiger partial charge in [0.25, 0.3) is 15.9 Å². The standard InChI is InChI=1S/C23H20F2N2O6S/c1-14(22(28)26-21-11-6-16(24)13-20(21)25)33-23(29)15-4-3-5-19(12-15)34(30,31)27-17-7-9-18(32-2)10-8-17/h3-14,27H,1-2H3,(H,26,28). The van der Waals surface area contributed by atoms with E-state index in [-0.39, 0.29) is 21.8 Å². The normalized spacial score (nSPS) is 11.9. The zero-order valence-electron chi connectivity index (χ0n) is 18.0. The average Bonchev–Trinajstić information content (AvgIpc) is 2.81. The Morgan fingerprint density at radius 3 is 2.32 bits per heavy atom. The Bertz CT molecular complexity index is 1310. The number of rotatable bonds is 8. The van der Waals surface area contributed by atoms with Crippen molar-refractivity contribution in [3.63, 3.8) is 0 Å². The molecule has 0 aromatic heterocycles. The van der Waals surface area contributed by atoms with Gasteiger partial charge in [0.05, 0.1) is 23.3 Å². The Hall–Kier alpha value is -3.99. The average molecular weight is 490 g/mol. The van der Waals surface area contributed by atoms with Gasteiger partial charge in [-0.05, 0) is 61.5 Å². The first kappa shape index (κ1) is 24.6. The van der Waals surface area contributed by atoms with E-state index < -0.39 is 39.6 Å². The highest BCUT2D eigenvalue weighted by molar-refractivity contribution is 7.92. The van der Waals surface area contributed by atoms with Gasteiger partial charge in [-0.3, -0.25) is 9.52 Å². The third kappa shape index (κ3) is 6.07. The van der Waals surface area contributed by atoms with Crippen molar-refractivity contribution in [2.24, 2.45) is 0 Å². The largest absolute Gasteiger partial charge is 0.497 e. The van der Waals surface area contributed by atoms with E-state index in [4.69, 9.17) is 9.47 Å². The number of benzene rings is 3. The van der Waals surface area contributed by atoms with Gasteiger partial charge in [0.15, 0.2) is 6.10 Å². The smallest absolute Gasteiger partial charge is 0.338 e. The van der Waals surface area contributed by atoms with E-state index in [1.807, 2.05) is 0 Å². The van der Waals surface area contributed by atoms with Gasteiger partial charge in [-0.2, -0.15) is 0 Å². The number of halogens is 2. The van der Waals surface area contributed by atoms with Crippen LogP contribution in [0.1, 0.15) is 17.3 Å². The van der Waals surface area contributed by atoms with Crippen LogP contribution in [0.25, 0.3) is 0 Å². The van der Waals surface area contributed by atoms with E-state index in [1.54, 1.807) is 12.1 Å². The summed E-state index contributed by atoms with van der Waals surface area (Å²) in [4.78, 5) is 24.5. The maximum Gasteiger partial charge on any atom is 0.338 e. The fourth-order valence-electron chi connectivity index (χ4n) is 2.77. The number of sulfonamides is 1. The van der Waals surface area contributed by atoms with Crippen LogP contribution in [0, 0.1) is 11.6 Å². The Morgan fingerprint density at radius 1 is 0.971 bits per heavy atom. The molecule has 8 nitrogen and oxygen atoms in total. The van der Waals surface area contributed by atoms with Crippen LogP contribution in [-0.4, -0.2) is 33.5 Å². The maximum absolute atomic E-state index is 13.7. The lowest BCUT2D eigenvalue weighted by molar-refractivity contribution is -0.123. The fourth-order valence-corrected chi connectivity index (χ4v) is 3.87. The molecule has 0 bridgehead atoms. The van der Waals surface area contributed by atoms with E-state index in [9.17, 15) is 26.8 Å². The van der Waals surface area contributed by atoms with Crippen molar-refractivity contribution < 1.29 is 36.3 Å². The van der Waals surface area contributed by atoms with Crippen LogP contribution in [0.4, 0.5) is 20.2 Å². The number of amides is 1. The molecule has 3 aromatic rings. The molecule has 0 aliphatic carbocycles. The quantitative estimate of drug-likeness (QED) is 0.463. The molecule has 0 spiro atoms. The van der Waals surface area contributed by atoms with Crippen molar-refractivity contribution in [2.45, 2.75) is 17.9 Å². The molecule has 3 aromatic carbocycles. The number of ether oxygens (including phenoxy) is 2. The predicted molar refractivity (Wildman–Crippen MR) is 120 cm³/mol. The summed E-state index contributed by atoms with van der Waals surface area (Å²) in [7, 11) is -2.55. The van der Waals surface area contributed by atoms with Crippen molar-refractivity contribution in [1.29, 1.82) is 0 Å². The molecule has 178 valence electrons. The van der Waals surface area contributed by atoms with Crippen LogP contribution in [0.2, 0.25) is 0 Å². The second-order valence-electron chi connectivity index (χ2n) is 7.02. The number of anilines is 2. The minimum atomic E-state index is -4.03. The van der Waals surface area contributed by atoms with Crippen LogP contribution < -0.4 is 14.8 Å². The molecule has 0 saturated carbocycles. The van der Waals surface area contributed by atoms with Crippen LogP contribution in [0.3, 0.4) is 0 Å². The van der Waals surface area contributed by atoms with Gasteiger partial charge in [0.1, 0.15) is 17.4 Å². The van der Waals surface area contributed by atoms with Crippen molar-refractivity contribution in [2.75, 3.05) is 17.1 Å². The first-order chi connectivity index (χ1) is 16.1. The van der Waals surface area contributed by atoms with Gasteiger partial charge >= 0.3 is 5.97 Å². The molecule has 1 amide bonds. The monoisotopic (exact) mass is 490 g/mol. The Balaban J connectivity index is 1.68. The van der Waals surface area contributed by atoms with Crippen LogP contribution >= 0.6 is 0 Å². The van der Waals surface area contributed by atoms with Gasteiger partial charge in [0, 0.05) is 11.8 Å². The Kier molecular flexibility index (Phi) is 7.47. The van der Waals surface area contributed by atoms with Gasteiger partial charge in [-0.1, -0.05) is 6.07 Å². The molecular weight excluding hydrogens is 470 g/mol. The molecule has 0 aliphatic heterocycles. The number of carbonyl (C=O) groups is 2. The number of carbonyl (C=O) groups excluding carboxylic acids is 2. The second kappa shape index (κ2) is 10.3. The van der Waals surface area contributed by atoms with Gasteiger partial charge in [-0.15, -0.1) is 0 Å². The van der Waals surface area contributed by atoms with E-state index in [0.717, 1.165) is 18.2 Å². The summed E-state index contributed by atoms with van der Waals surface area (Å²) in [6.07, 6.45) is -1.35. The molecule has 1 unspecified atom stereocenters. The van der Waals surface area contributed by atoms with Gasteiger partial charge in [0.2, 0.25) is 0 Å². The molecular formula is C23H20F2N2O6S. The highest BCUT2D eigenvalue weighted by atomic mass is 32.2. The summed E-state index contributed by atoms with van der Waals surface area (Å²) in [5, 5.41) is 2.19. The third-order valence-corrected chi connectivity index (χ3v) is 5.94. The number of methoxy groups -OCH3 is 1. The summed E-state index contributed by atoms with van der Waals surface area (Å²) < 4.78 is 64.6. The first-order valence-electron chi connectivity index (χ1n) is 9.83. The lowest BCUT2D eigenvalue weighted by Crippen LogP contribution is -2.30. The van der Waals surface area contributed by atoms with Crippen molar-refractivity contribution in [3.8, 4) is 5.75 Å². The maximum atomic E-state index is 13.7. The molecule has 0 radical (unpaired) electrons. The number of hydrogen-bond acceptors (Lipinski definition) is 6. The zero-order valence-corrected chi connectivity index (χ0v) is 18.9. The molecule has 34 heavy (non-hydrogen) atoms. The number of hydrogen-bond donors (Lipinski definition) is 2. The molecule has 0 heterocycles. The lowest BCUT2D eigenvalue weighted by Gasteiger charge is -2.14. The highest BCUT2D eigenvalue weighted by Gasteiger charge is 2.22. The predicted octanol–water partition coefficient (Wildman–Crippen LogP) is 3.96. The topological polar surface area (TPSA) is 111 Å². The van der Waals surface area contributed by atoms with Gasteiger partial charge in [-0.25, -0.2) is 22.0 Å². The molecule has 3 rings (SSSR count). The summed E-state index contributed by atoms with van der Waals surface area (Å²) >= 11 is 0. The van der Waals surface area contributed by atoms with Crippen molar-refractivity contribution >= 4 is 33.3 Å². The van der Waals surface area contributed by atoms with E-state index in [2.05, 4.69) is 10.0 Å². The van der Waals surface area contributed by atoms with Crippen LogP contribution in [0.15, 0.2) is 71.6 Å². The van der Waals surface area contributed by atoms with Crippen molar-refractivity contribution in [1.82, 2.24) is 0 Å². The van der Waals surface area contributed by atoms with E-state index in [0.29, 0.717) is 11.8 Å². The SMILES string of the molecule is COc1ccc(NS(=O)(=O)c2cccc(C(=O)OC(C)C(=O)Nc3ccc(F)cc3F)c2)cc1. The molecule has 1 atom stereocenters. The summed E-state index contributed by atoms with van der Waals surface area (Å²) in [6, 6.07) is 13.8. The van der Waals surface area contributed by atoms with Crippen LogP contribution in [-0.2, 0) is 19.6 Å². The van der Waals surface area contributed by atoms with Gasteiger partial charge < -0.3 is 14.8 Å². The number of esters is 1. The minimum absolute atomic E-state index is 0.120. The second-order valence-corrected chi connectivity index (χ2v) is 8.71. The number of nitrogens with one attached hydrogen (secondary N) is 2. The Labute approximate surface area is 194 Å². The summed E-state index contributed by atoms with van der Waals surface area (Å²) in [5.41, 5.74) is -0.121. The first-order valence-corrected chi connectivity index (χ1v) is 11.3. The summed E-state index contributed by atoms with van der Waals surface area (Å²) in [5.74, 6) is -3.08. The van der Waals surface area contributed by atoms with E-state index >= 15 is 0 Å². The summed E-state index contributed by atoms with van der Waals surface area (Å²) in [6.45, 7) is 1.25. The lowest BCUT2D eigenvalue weighted by atomic mass is 10.2.